The average molecular weight is 215 g/mol. The summed E-state index contributed by atoms with van der Waals surface area (Å²) in [5, 5.41) is 0. The molecule has 8 heavy (non-hydrogen) atoms. The zero-order valence-electron chi connectivity index (χ0n) is 4.72. The van der Waals surface area contributed by atoms with Gasteiger partial charge in [0.25, 0.3) is 0 Å². The van der Waals surface area contributed by atoms with Gasteiger partial charge in [-0.15, -0.1) is 10.6 Å². The van der Waals surface area contributed by atoms with E-state index >= 15 is 0 Å². The van der Waals surface area contributed by atoms with Crippen LogP contribution in [0.1, 0.15) is 13.3 Å². The lowest BCUT2D eigenvalue weighted by Crippen LogP contribution is -1.92. The van der Waals surface area contributed by atoms with Crippen molar-refractivity contribution >= 4 is 41.4 Å². The fraction of sp³-hybridized carbons (Fsp3) is 1.00. The first-order chi connectivity index (χ1) is 3.91. The van der Waals surface area contributed by atoms with Crippen LogP contribution >= 0.6 is 34.7 Å². The predicted octanol–water partition coefficient (Wildman–Crippen LogP) is 2.37. The molecule has 0 rings (SSSR count). The molecule has 0 saturated carbocycles. The lowest BCUT2D eigenvalue weighted by Gasteiger charge is -1.94. The Morgan fingerprint density at radius 2 is 2.50 bits per heavy atom. The molecular formula is C3H8BBrOS2. The van der Waals surface area contributed by atoms with Crippen molar-refractivity contribution in [1.82, 2.24) is 0 Å². The SMILES string of the molecule is CCCOBSSBr. The summed E-state index contributed by atoms with van der Waals surface area (Å²) in [6, 6.07) is 0. The first kappa shape index (κ1) is 9.20. The van der Waals surface area contributed by atoms with E-state index in [0.717, 1.165) is 19.8 Å². The van der Waals surface area contributed by atoms with Gasteiger partial charge in [0.2, 0.25) is 0 Å². The van der Waals surface area contributed by atoms with Crippen LogP contribution < -0.4 is 0 Å². The van der Waals surface area contributed by atoms with E-state index in [1.807, 2.05) is 0 Å². The van der Waals surface area contributed by atoms with Crippen LogP contribution in [0.25, 0.3) is 0 Å². The van der Waals surface area contributed by atoms with E-state index in [4.69, 9.17) is 4.65 Å². The van der Waals surface area contributed by atoms with Crippen molar-refractivity contribution in [3.63, 3.8) is 0 Å². The minimum atomic E-state index is 0.782. The molecule has 48 valence electrons. The van der Waals surface area contributed by atoms with Gasteiger partial charge in [-0.2, -0.15) is 0 Å². The van der Waals surface area contributed by atoms with Gasteiger partial charge in [0.15, 0.2) is 0 Å². The summed E-state index contributed by atoms with van der Waals surface area (Å²) in [4.78, 5) is 0. The van der Waals surface area contributed by atoms with Gasteiger partial charge in [-0.1, -0.05) is 6.92 Å². The molecule has 0 aromatic rings. The van der Waals surface area contributed by atoms with Crippen molar-refractivity contribution < 1.29 is 4.65 Å². The Kier molecular flexibility index (Phi) is 9.44. The molecule has 0 atom stereocenters. The lowest BCUT2D eigenvalue weighted by molar-refractivity contribution is 0.346. The molecule has 0 N–H and O–H groups in total. The minimum Gasteiger partial charge on any atom is -0.428 e. The van der Waals surface area contributed by atoms with Crippen LogP contribution in [0.4, 0.5) is 0 Å². The molecule has 0 aliphatic carbocycles. The summed E-state index contributed by atoms with van der Waals surface area (Å²) in [5.74, 6) is 0. The highest BCUT2D eigenvalue weighted by molar-refractivity contribution is 9.62. The maximum absolute atomic E-state index is 5.14. The highest BCUT2D eigenvalue weighted by Crippen LogP contribution is 2.25. The number of halogens is 1. The number of hydrogen-bond donors (Lipinski definition) is 0. The Bertz CT molecular complexity index is 42.3. The van der Waals surface area contributed by atoms with Crippen LogP contribution in [-0.4, -0.2) is 13.4 Å². The second-order valence-electron chi connectivity index (χ2n) is 1.21. The van der Waals surface area contributed by atoms with Crippen molar-refractivity contribution in [2.45, 2.75) is 13.3 Å². The smallest absolute Gasteiger partial charge is 0.354 e. The largest absolute Gasteiger partial charge is 0.428 e. The van der Waals surface area contributed by atoms with Gasteiger partial charge in [0, 0.05) is 21.4 Å². The molecule has 0 heterocycles. The van der Waals surface area contributed by atoms with Gasteiger partial charge < -0.3 is 4.65 Å². The number of rotatable bonds is 5. The molecule has 0 saturated heterocycles. The van der Waals surface area contributed by atoms with Crippen LogP contribution in [0.5, 0.6) is 0 Å². The molecule has 0 radical (unpaired) electrons. The van der Waals surface area contributed by atoms with Gasteiger partial charge >= 0.3 is 6.76 Å². The van der Waals surface area contributed by atoms with E-state index in [2.05, 4.69) is 21.7 Å². The summed E-state index contributed by atoms with van der Waals surface area (Å²) in [6.07, 6.45) is 1.10. The molecule has 0 aromatic heterocycles. The summed E-state index contributed by atoms with van der Waals surface area (Å²) >= 11 is 3.20. The third-order valence-electron chi connectivity index (χ3n) is 0.524. The normalized spacial score (nSPS) is 9.25. The van der Waals surface area contributed by atoms with Crippen LogP contribution in [-0.2, 0) is 4.65 Å². The Labute approximate surface area is 66.1 Å². The van der Waals surface area contributed by atoms with Gasteiger partial charge in [-0.25, -0.2) is 0 Å². The summed E-state index contributed by atoms with van der Waals surface area (Å²) in [6.45, 7) is 3.76. The summed E-state index contributed by atoms with van der Waals surface area (Å²) < 4.78 is 5.14. The second kappa shape index (κ2) is 8.20. The quantitative estimate of drug-likeness (QED) is 0.395. The maximum atomic E-state index is 5.14. The third kappa shape index (κ3) is 7.20. The molecule has 0 aliphatic rings. The monoisotopic (exact) mass is 214 g/mol. The van der Waals surface area contributed by atoms with Crippen LogP contribution in [0, 0.1) is 0 Å². The van der Waals surface area contributed by atoms with E-state index in [9.17, 15) is 0 Å². The molecule has 0 aromatic carbocycles. The fourth-order valence-corrected chi connectivity index (χ4v) is 1.48. The van der Waals surface area contributed by atoms with Crippen molar-refractivity contribution in [1.29, 1.82) is 0 Å². The van der Waals surface area contributed by atoms with Gasteiger partial charge in [-0.05, 0) is 15.6 Å². The van der Waals surface area contributed by atoms with Crippen molar-refractivity contribution in [3.05, 3.63) is 0 Å². The molecule has 5 heteroatoms. The summed E-state index contributed by atoms with van der Waals surface area (Å²) in [5.41, 5.74) is 0. The van der Waals surface area contributed by atoms with Crippen molar-refractivity contribution in [2.24, 2.45) is 0 Å². The summed E-state index contributed by atoms with van der Waals surface area (Å²) in [7, 11) is 3.22. The van der Waals surface area contributed by atoms with Crippen molar-refractivity contribution in [3.8, 4) is 0 Å². The lowest BCUT2D eigenvalue weighted by atomic mass is 10.5. The van der Waals surface area contributed by atoms with Gasteiger partial charge in [-0.3, -0.25) is 0 Å². The highest BCUT2D eigenvalue weighted by Gasteiger charge is 1.88. The van der Waals surface area contributed by atoms with E-state index in [1.165, 1.54) is 0 Å². The zero-order valence-corrected chi connectivity index (χ0v) is 7.94. The maximum Gasteiger partial charge on any atom is 0.354 e. The second-order valence-corrected chi connectivity index (χ2v) is 5.27. The first-order valence-electron chi connectivity index (χ1n) is 2.39. The highest BCUT2D eigenvalue weighted by atomic mass is 79.9. The van der Waals surface area contributed by atoms with E-state index in [-0.39, 0.29) is 0 Å². The topological polar surface area (TPSA) is 9.23 Å². The van der Waals surface area contributed by atoms with Gasteiger partial charge in [0.05, 0.1) is 0 Å². The Hall–Kier alpha value is 1.20. The molecule has 1 nitrogen and oxygen atoms in total. The molecule has 0 fully saturated rings. The zero-order chi connectivity index (χ0) is 6.24. The first-order valence-corrected chi connectivity index (χ1v) is 6.56. The van der Waals surface area contributed by atoms with Crippen LogP contribution in [0.15, 0.2) is 0 Å². The molecular weight excluding hydrogens is 207 g/mol. The van der Waals surface area contributed by atoms with Crippen molar-refractivity contribution in [2.75, 3.05) is 6.61 Å². The Morgan fingerprint density at radius 1 is 1.75 bits per heavy atom. The van der Waals surface area contributed by atoms with E-state index < -0.39 is 0 Å². The predicted molar refractivity (Wildman–Crippen MR) is 47.5 cm³/mol. The standard InChI is InChI=1S/C3H8BBrOS2/c1-2-3-6-4-7-8-5/h4H,2-3H2,1H3. The fourth-order valence-electron chi connectivity index (χ4n) is 0.255. The Morgan fingerprint density at radius 3 is 3.00 bits per heavy atom. The van der Waals surface area contributed by atoms with E-state index in [0.29, 0.717) is 0 Å². The molecule has 0 unspecified atom stereocenters. The molecule has 0 amide bonds. The van der Waals surface area contributed by atoms with Crippen LogP contribution in [0.3, 0.4) is 0 Å². The van der Waals surface area contributed by atoms with E-state index in [1.54, 1.807) is 19.9 Å². The molecule has 0 bridgehead atoms. The Balaban J connectivity index is 2.53. The number of hydrogen-bond acceptors (Lipinski definition) is 3. The third-order valence-corrected chi connectivity index (χ3v) is 3.11. The van der Waals surface area contributed by atoms with Gasteiger partial charge in [0.1, 0.15) is 0 Å². The van der Waals surface area contributed by atoms with Crippen LogP contribution in [0.2, 0.25) is 0 Å². The minimum absolute atomic E-state index is 0.782. The molecule has 0 aliphatic heterocycles. The molecule has 0 spiro atoms. The average Bonchev–Trinajstić information content (AvgIpc) is 1.81.